The Hall–Kier alpha value is -1.16. The number of rotatable bonds is 5. The minimum atomic E-state index is -3.99. The van der Waals surface area contributed by atoms with Gasteiger partial charge in [0.2, 0.25) is 0 Å². The number of nitrogens with one attached hydrogen (secondary N) is 1. The minimum absolute atomic E-state index is 0. The molecular formula is C22H20N3Na2O3S+. The summed E-state index contributed by atoms with van der Waals surface area (Å²) in [6.07, 6.45) is 0.717. The predicted molar refractivity (Wildman–Crippen MR) is 114 cm³/mol. The first-order valence-corrected chi connectivity index (χ1v) is 10.6. The molecule has 0 spiro atoms. The Morgan fingerprint density at radius 1 is 0.935 bits per heavy atom. The molecular weight excluding hydrogens is 432 g/mol. The van der Waals surface area contributed by atoms with Gasteiger partial charge in [0.05, 0.1) is 34.6 Å². The van der Waals surface area contributed by atoms with Crippen LogP contribution in [0.4, 0.5) is 5.69 Å². The maximum atomic E-state index is 11.5. The van der Waals surface area contributed by atoms with Gasteiger partial charge in [-0.1, -0.05) is 42.5 Å². The summed E-state index contributed by atoms with van der Waals surface area (Å²) in [5, 5.41) is 14.0. The fourth-order valence-electron chi connectivity index (χ4n) is 3.42. The Kier molecular flexibility index (Phi) is 9.36. The van der Waals surface area contributed by atoms with Crippen LogP contribution in [0.25, 0.3) is 5.14 Å². The number of sulfonamides is 1. The van der Waals surface area contributed by atoms with Crippen molar-refractivity contribution < 1.29 is 72.3 Å². The summed E-state index contributed by atoms with van der Waals surface area (Å²) in [6, 6.07) is 24.1. The molecule has 0 saturated carbocycles. The molecule has 0 amide bonds. The first-order valence-electron chi connectivity index (χ1n) is 9.11. The van der Waals surface area contributed by atoms with Gasteiger partial charge < -0.3 is 9.88 Å². The van der Waals surface area contributed by atoms with Crippen molar-refractivity contribution in [3.8, 4) is 5.75 Å². The average molecular weight is 452 g/mol. The quantitative estimate of drug-likeness (QED) is 0.456. The summed E-state index contributed by atoms with van der Waals surface area (Å²) < 4.78 is 28.2. The molecule has 0 radical (unpaired) electrons. The third-order valence-electron chi connectivity index (χ3n) is 4.93. The van der Waals surface area contributed by atoms with Crippen LogP contribution in [0.15, 0.2) is 88.9 Å². The van der Waals surface area contributed by atoms with Crippen LogP contribution in [0.1, 0.15) is 23.6 Å². The van der Waals surface area contributed by atoms with E-state index in [0.29, 0.717) is 0 Å². The molecule has 6 nitrogen and oxygen atoms in total. The van der Waals surface area contributed by atoms with E-state index in [1.165, 1.54) is 12.1 Å². The van der Waals surface area contributed by atoms with Gasteiger partial charge >= 0.3 is 59.1 Å². The van der Waals surface area contributed by atoms with Gasteiger partial charge in [0.1, 0.15) is 5.75 Å². The van der Waals surface area contributed by atoms with Crippen LogP contribution in [0.2, 0.25) is 0 Å². The van der Waals surface area contributed by atoms with Crippen LogP contribution < -0.4 is 68.9 Å². The van der Waals surface area contributed by atoms with Crippen LogP contribution in [0.5, 0.6) is 5.75 Å². The molecule has 1 aliphatic heterocycles. The largest absolute Gasteiger partial charge is 1.00 e. The molecule has 1 aliphatic rings. The van der Waals surface area contributed by atoms with Crippen LogP contribution in [-0.4, -0.2) is 21.2 Å². The standard InChI is InChI=1S/C22H20N3O3S.2Na/c1-28-19-11-7-17(8-12-19)22-15-21(16-5-3-2-4-6-16)24-25(22)18-9-13-20(14-10-18)29(23,26)27;;/h2-14,22H,15H2,1H3,(H-,23,26,27);;/q-1;2*+1. The number of hydrogen-bond donors (Lipinski definition) is 0. The second-order valence-corrected chi connectivity index (χ2v) is 8.23. The third-order valence-corrected chi connectivity index (χ3v) is 5.82. The zero-order chi connectivity index (χ0) is 20.4. The van der Waals surface area contributed by atoms with E-state index in [2.05, 4.69) is 0 Å². The predicted octanol–water partition coefficient (Wildman–Crippen LogP) is -1.20. The van der Waals surface area contributed by atoms with Crippen molar-refractivity contribution in [1.82, 2.24) is 0 Å². The maximum Gasteiger partial charge on any atom is 1.00 e. The number of hydrazone groups is 1. The normalized spacial score (nSPS) is 15.5. The molecule has 3 aromatic carbocycles. The summed E-state index contributed by atoms with van der Waals surface area (Å²) in [6.45, 7) is 0. The van der Waals surface area contributed by atoms with Gasteiger partial charge in [0.15, 0.2) is 0 Å². The van der Waals surface area contributed by atoms with E-state index in [0.717, 1.165) is 34.7 Å². The summed E-state index contributed by atoms with van der Waals surface area (Å²) >= 11 is 0. The van der Waals surface area contributed by atoms with E-state index in [1.807, 2.05) is 59.6 Å². The Bertz CT molecular complexity index is 1140. The molecule has 1 atom stereocenters. The van der Waals surface area contributed by atoms with Gasteiger partial charge in [-0.05, 0) is 47.5 Å². The summed E-state index contributed by atoms with van der Waals surface area (Å²) in [5.74, 6) is 0.785. The fourth-order valence-corrected chi connectivity index (χ4v) is 3.91. The van der Waals surface area contributed by atoms with Crippen LogP contribution in [-0.2, 0) is 10.0 Å². The zero-order valence-electron chi connectivity index (χ0n) is 17.8. The van der Waals surface area contributed by atoms with Gasteiger partial charge in [0.25, 0.3) is 0 Å². The second-order valence-electron chi connectivity index (χ2n) is 6.75. The van der Waals surface area contributed by atoms with Crippen molar-refractivity contribution in [2.75, 3.05) is 12.1 Å². The number of methoxy groups -OCH3 is 1. The van der Waals surface area contributed by atoms with Crippen LogP contribution in [0, 0.1) is 0 Å². The molecule has 0 fully saturated rings. The van der Waals surface area contributed by atoms with Gasteiger partial charge in [-0.2, -0.15) is 5.10 Å². The van der Waals surface area contributed by atoms with E-state index in [9.17, 15) is 8.42 Å². The number of anilines is 1. The number of nitrogens with zero attached hydrogens (tertiary/aromatic N) is 2. The van der Waals surface area contributed by atoms with Crippen molar-refractivity contribution in [3.63, 3.8) is 0 Å². The fraction of sp³-hybridized carbons (Fsp3) is 0.136. The van der Waals surface area contributed by atoms with Crippen LogP contribution in [0.3, 0.4) is 0 Å². The molecule has 3 aromatic rings. The summed E-state index contributed by atoms with van der Waals surface area (Å²) in [5.41, 5.74) is 3.87. The van der Waals surface area contributed by atoms with Crippen molar-refractivity contribution in [3.05, 3.63) is 95.1 Å². The van der Waals surface area contributed by atoms with Crippen molar-refractivity contribution in [2.24, 2.45) is 5.10 Å². The number of ether oxygens (including phenoxy) is 1. The van der Waals surface area contributed by atoms with Crippen molar-refractivity contribution in [2.45, 2.75) is 17.4 Å². The first-order chi connectivity index (χ1) is 14.0. The molecule has 31 heavy (non-hydrogen) atoms. The Morgan fingerprint density at radius 3 is 2.10 bits per heavy atom. The Balaban J connectivity index is 0.00000171. The SMILES string of the molecule is COc1ccc(C2CC(c3ccccc3)=NN2c2ccc(S([NH-])(=O)=O)cc2)cc1.[Na+].[Na+]. The summed E-state index contributed by atoms with van der Waals surface area (Å²) in [7, 11) is -2.35. The molecule has 148 valence electrons. The molecule has 9 heteroatoms. The molecule has 0 aliphatic carbocycles. The van der Waals surface area contributed by atoms with Crippen molar-refractivity contribution in [1.29, 1.82) is 0 Å². The minimum Gasteiger partial charge on any atom is -0.560 e. The monoisotopic (exact) mass is 452 g/mol. The van der Waals surface area contributed by atoms with E-state index in [-0.39, 0.29) is 70.1 Å². The maximum absolute atomic E-state index is 11.5. The van der Waals surface area contributed by atoms with E-state index >= 15 is 0 Å². The number of hydrogen-bond acceptors (Lipinski definition) is 5. The molecule has 0 bridgehead atoms. The van der Waals surface area contributed by atoms with Gasteiger partial charge in [-0.15, -0.1) is 0 Å². The number of benzene rings is 3. The average Bonchev–Trinajstić information content (AvgIpc) is 3.19. The zero-order valence-corrected chi connectivity index (χ0v) is 22.6. The van der Waals surface area contributed by atoms with Gasteiger partial charge in [0, 0.05) is 11.3 Å². The Labute approximate surface area is 227 Å². The third kappa shape index (κ3) is 6.00. The first kappa shape index (κ1) is 26.1. The van der Waals surface area contributed by atoms with Crippen molar-refractivity contribution >= 4 is 21.4 Å². The molecule has 1 N–H and O–H groups in total. The summed E-state index contributed by atoms with van der Waals surface area (Å²) in [4.78, 5) is -0.0336. The van der Waals surface area contributed by atoms with Crippen LogP contribution >= 0.6 is 0 Å². The second kappa shape index (κ2) is 11.1. The van der Waals surface area contributed by atoms with E-state index < -0.39 is 10.0 Å². The van der Waals surface area contributed by atoms with Gasteiger partial charge in [-0.25, -0.2) is 8.42 Å². The molecule has 1 heterocycles. The Morgan fingerprint density at radius 2 is 1.55 bits per heavy atom. The molecule has 0 aromatic heterocycles. The molecule has 4 rings (SSSR count). The molecule has 1 unspecified atom stereocenters. The smallest absolute Gasteiger partial charge is 0.560 e. The van der Waals surface area contributed by atoms with E-state index in [4.69, 9.17) is 15.0 Å². The van der Waals surface area contributed by atoms with Gasteiger partial charge in [-0.3, -0.25) is 5.01 Å². The van der Waals surface area contributed by atoms with E-state index in [1.54, 1.807) is 19.2 Å². The topological polar surface area (TPSA) is 82.8 Å². The molecule has 0 saturated heterocycles.